The SMILES string of the molecule is CC(C)NS(=O)(=O)c1ccccc1Nc1nc(Nc2ccc(OC(F)(F)F)cc2)nc2c1CCN2. The van der Waals surface area contributed by atoms with Gasteiger partial charge in [-0.1, -0.05) is 12.1 Å². The monoisotopic (exact) mass is 508 g/mol. The van der Waals surface area contributed by atoms with E-state index in [-0.39, 0.29) is 22.6 Å². The van der Waals surface area contributed by atoms with Crippen LogP contribution in [0.1, 0.15) is 19.4 Å². The van der Waals surface area contributed by atoms with Gasteiger partial charge in [-0.3, -0.25) is 0 Å². The Morgan fingerprint density at radius 1 is 1.03 bits per heavy atom. The number of nitrogens with one attached hydrogen (secondary N) is 4. The Hall–Kier alpha value is -3.58. The zero-order valence-electron chi connectivity index (χ0n) is 18.8. The Morgan fingerprint density at radius 2 is 1.74 bits per heavy atom. The molecular formula is C22H23F3N6O3S. The molecule has 0 aliphatic carbocycles. The summed E-state index contributed by atoms with van der Waals surface area (Å²) < 4.78 is 69.3. The summed E-state index contributed by atoms with van der Waals surface area (Å²) >= 11 is 0. The van der Waals surface area contributed by atoms with Crippen LogP contribution >= 0.6 is 0 Å². The van der Waals surface area contributed by atoms with E-state index in [0.717, 1.165) is 5.56 Å². The zero-order valence-corrected chi connectivity index (χ0v) is 19.6. The molecule has 0 bridgehead atoms. The van der Waals surface area contributed by atoms with Crippen LogP contribution in [0, 0.1) is 0 Å². The highest BCUT2D eigenvalue weighted by atomic mass is 32.2. The summed E-state index contributed by atoms with van der Waals surface area (Å²) in [7, 11) is -3.78. The summed E-state index contributed by atoms with van der Waals surface area (Å²) in [6.45, 7) is 4.09. The Balaban J connectivity index is 1.62. The summed E-state index contributed by atoms with van der Waals surface area (Å²) in [5.41, 5.74) is 1.56. The number of para-hydroxylation sites is 1. The van der Waals surface area contributed by atoms with Crippen LogP contribution in [0.15, 0.2) is 53.4 Å². The third-order valence-electron chi connectivity index (χ3n) is 4.84. The van der Waals surface area contributed by atoms with E-state index >= 15 is 0 Å². The number of benzene rings is 2. The predicted octanol–water partition coefficient (Wildman–Crippen LogP) is 4.52. The van der Waals surface area contributed by atoms with Crippen LogP contribution in [-0.4, -0.2) is 37.3 Å². The quantitative estimate of drug-likeness (QED) is 0.351. The Kier molecular flexibility index (Phi) is 6.72. The van der Waals surface area contributed by atoms with Crippen molar-refractivity contribution in [3.05, 3.63) is 54.1 Å². The fourth-order valence-corrected chi connectivity index (χ4v) is 4.92. The van der Waals surface area contributed by atoms with Crippen molar-refractivity contribution in [3.63, 3.8) is 0 Å². The largest absolute Gasteiger partial charge is 0.573 e. The Morgan fingerprint density at radius 3 is 2.43 bits per heavy atom. The highest BCUT2D eigenvalue weighted by Crippen LogP contribution is 2.33. The summed E-state index contributed by atoms with van der Waals surface area (Å²) in [5, 5.41) is 9.22. The first-order valence-corrected chi connectivity index (χ1v) is 12.1. The average Bonchev–Trinajstić information content (AvgIpc) is 3.22. The lowest BCUT2D eigenvalue weighted by molar-refractivity contribution is -0.274. The number of alkyl halides is 3. The van der Waals surface area contributed by atoms with Gasteiger partial charge in [-0.05, 0) is 56.7 Å². The normalized spacial score (nSPS) is 13.3. The van der Waals surface area contributed by atoms with Crippen molar-refractivity contribution in [2.75, 3.05) is 22.5 Å². The molecule has 0 radical (unpaired) electrons. The van der Waals surface area contributed by atoms with E-state index in [1.54, 1.807) is 32.0 Å². The summed E-state index contributed by atoms with van der Waals surface area (Å²) in [4.78, 5) is 9.00. The summed E-state index contributed by atoms with van der Waals surface area (Å²) in [6.07, 6.45) is -4.15. The van der Waals surface area contributed by atoms with Gasteiger partial charge in [-0.15, -0.1) is 13.2 Å². The molecule has 4 N–H and O–H groups in total. The average molecular weight is 509 g/mol. The molecule has 0 unspecified atom stereocenters. The van der Waals surface area contributed by atoms with Gasteiger partial charge in [-0.2, -0.15) is 9.97 Å². The van der Waals surface area contributed by atoms with Crippen LogP contribution in [-0.2, 0) is 16.4 Å². The lowest BCUT2D eigenvalue weighted by atomic mass is 10.2. The van der Waals surface area contributed by atoms with Gasteiger partial charge >= 0.3 is 6.36 Å². The maximum Gasteiger partial charge on any atom is 0.573 e. The molecule has 2 heterocycles. The van der Waals surface area contributed by atoms with Crippen molar-refractivity contribution in [2.24, 2.45) is 0 Å². The van der Waals surface area contributed by atoms with Gasteiger partial charge in [0.1, 0.15) is 22.3 Å². The highest BCUT2D eigenvalue weighted by Gasteiger charge is 2.31. The topological polar surface area (TPSA) is 117 Å². The van der Waals surface area contributed by atoms with Gasteiger partial charge in [0.2, 0.25) is 16.0 Å². The van der Waals surface area contributed by atoms with E-state index in [1.807, 2.05) is 0 Å². The smallest absolute Gasteiger partial charge is 0.406 e. The first-order chi connectivity index (χ1) is 16.5. The standard InChI is InChI=1S/C22H23F3N6O3S/c1-13(2)31-35(32,33)18-6-4-3-5-17(18)28-20-16-11-12-26-19(16)29-21(30-20)27-14-7-9-15(10-8-14)34-22(23,24)25/h3-10,13,31H,11-12H2,1-2H3,(H3,26,27,28,29,30). The predicted molar refractivity (Wildman–Crippen MR) is 126 cm³/mol. The third kappa shape index (κ3) is 6.11. The molecule has 9 nitrogen and oxygen atoms in total. The molecule has 35 heavy (non-hydrogen) atoms. The van der Waals surface area contributed by atoms with E-state index in [9.17, 15) is 21.6 Å². The molecule has 0 saturated carbocycles. The molecule has 1 aromatic heterocycles. The number of fused-ring (bicyclic) bond motifs is 1. The van der Waals surface area contributed by atoms with Crippen LogP contribution in [0.5, 0.6) is 5.75 Å². The number of aromatic nitrogens is 2. The van der Waals surface area contributed by atoms with E-state index in [1.165, 1.54) is 30.3 Å². The second-order valence-electron chi connectivity index (χ2n) is 7.99. The minimum atomic E-state index is -4.78. The molecule has 0 atom stereocenters. The molecule has 0 fully saturated rings. The maximum absolute atomic E-state index is 12.8. The van der Waals surface area contributed by atoms with Crippen molar-refractivity contribution < 1.29 is 26.3 Å². The third-order valence-corrected chi connectivity index (χ3v) is 6.56. The van der Waals surface area contributed by atoms with Crippen molar-refractivity contribution in [3.8, 4) is 5.75 Å². The van der Waals surface area contributed by atoms with Gasteiger partial charge < -0.3 is 20.7 Å². The molecule has 0 saturated heterocycles. The molecule has 0 spiro atoms. The van der Waals surface area contributed by atoms with Crippen molar-refractivity contribution in [2.45, 2.75) is 37.6 Å². The second kappa shape index (κ2) is 9.58. The molecule has 0 amide bonds. The highest BCUT2D eigenvalue weighted by molar-refractivity contribution is 7.89. The molecule has 13 heteroatoms. The fraction of sp³-hybridized carbons (Fsp3) is 0.273. The molecule has 1 aliphatic rings. The van der Waals surface area contributed by atoms with Gasteiger partial charge in [-0.25, -0.2) is 13.1 Å². The number of anilines is 5. The fourth-order valence-electron chi connectivity index (χ4n) is 3.51. The van der Waals surface area contributed by atoms with Crippen molar-refractivity contribution in [1.82, 2.24) is 14.7 Å². The Labute approximate surface area is 200 Å². The minimum absolute atomic E-state index is 0.0711. The van der Waals surface area contributed by atoms with Crippen LogP contribution in [0.4, 0.5) is 42.1 Å². The first-order valence-electron chi connectivity index (χ1n) is 10.7. The number of rotatable bonds is 8. The summed E-state index contributed by atoms with van der Waals surface area (Å²) in [6, 6.07) is 11.3. The minimum Gasteiger partial charge on any atom is -0.406 e. The number of ether oxygens (including phenoxy) is 1. The first kappa shape index (κ1) is 24.5. The number of hydrogen-bond donors (Lipinski definition) is 4. The van der Waals surface area contributed by atoms with Crippen molar-refractivity contribution in [1.29, 1.82) is 0 Å². The number of sulfonamides is 1. The van der Waals surface area contributed by atoms with Gasteiger partial charge in [0.25, 0.3) is 0 Å². The van der Waals surface area contributed by atoms with Crippen LogP contribution < -0.4 is 25.4 Å². The number of hydrogen-bond acceptors (Lipinski definition) is 8. The molecule has 1 aliphatic heterocycles. The van der Waals surface area contributed by atoms with E-state index in [2.05, 4.69) is 35.4 Å². The van der Waals surface area contributed by atoms with Crippen molar-refractivity contribution >= 4 is 39.0 Å². The van der Waals surface area contributed by atoms with Gasteiger partial charge in [0.05, 0.1) is 5.69 Å². The van der Waals surface area contributed by atoms with Gasteiger partial charge in [0.15, 0.2) is 0 Å². The lowest BCUT2D eigenvalue weighted by Crippen LogP contribution is -2.30. The van der Waals surface area contributed by atoms with Crippen LogP contribution in [0.2, 0.25) is 0 Å². The zero-order chi connectivity index (χ0) is 25.2. The number of halogens is 3. The molecule has 3 aromatic rings. The van der Waals surface area contributed by atoms with E-state index < -0.39 is 16.4 Å². The number of nitrogens with zero attached hydrogens (tertiary/aromatic N) is 2. The van der Waals surface area contributed by atoms with Crippen LogP contribution in [0.25, 0.3) is 0 Å². The Bertz CT molecular complexity index is 1320. The molecule has 4 rings (SSSR count). The van der Waals surface area contributed by atoms with Gasteiger partial charge in [0, 0.05) is 23.8 Å². The molecule has 186 valence electrons. The van der Waals surface area contributed by atoms with E-state index in [0.29, 0.717) is 36.0 Å². The molecular weight excluding hydrogens is 485 g/mol. The van der Waals surface area contributed by atoms with Crippen LogP contribution in [0.3, 0.4) is 0 Å². The maximum atomic E-state index is 12.8. The summed E-state index contributed by atoms with van der Waals surface area (Å²) in [5.74, 6) is 0.801. The molecule has 2 aromatic carbocycles. The lowest BCUT2D eigenvalue weighted by Gasteiger charge is -2.16. The second-order valence-corrected chi connectivity index (χ2v) is 9.68. The van der Waals surface area contributed by atoms with E-state index in [4.69, 9.17) is 0 Å².